The van der Waals surface area contributed by atoms with E-state index in [2.05, 4.69) is 10.6 Å². The van der Waals surface area contributed by atoms with Crippen LogP contribution in [0.5, 0.6) is 0 Å². The molecule has 0 aliphatic heterocycles. The molecule has 0 aliphatic rings. The van der Waals surface area contributed by atoms with Crippen molar-refractivity contribution in [2.45, 2.75) is 19.9 Å². The van der Waals surface area contributed by atoms with Crippen LogP contribution >= 0.6 is 12.2 Å². The number of carbonyl (C=O) groups excluding carboxylic acids is 1. The van der Waals surface area contributed by atoms with Gasteiger partial charge in [-0.1, -0.05) is 0 Å². The van der Waals surface area contributed by atoms with Crippen molar-refractivity contribution in [2.24, 2.45) is 5.73 Å². The summed E-state index contributed by atoms with van der Waals surface area (Å²) in [5, 5.41) is 6.62. The van der Waals surface area contributed by atoms with Crippen LogP contribution in [0.1, 0.15) is 24.2 Å². The predicted octanol–water partition coefficient (Wildman–Crippen LogP) is 1.48. The molecule has 1 rings (SSSR count). The highest BCUT2D eigenvalue weighted by Crippen LogP contribution is 2.08. The fraction of sp³-hybridized carbons (Fsp3) is 0.273. The molecule has 1 aromatic carbocycles. The smallest absolute Gasteiger partial charge is 0.248 e. The van der Waals surface area contributed by atoms with E-state index in [-0.39, 0.29) is 6.04 Å². The Balaban J connectivity index is 2.62. The standard InChI is InChI=1S/C11H15N3OS/c1-7(2)13-11(16)14-9-5-3-8(4-6-9)10(12)15/h3-7H,1-2H3,(H2,12,15)(H2,13,14,16). The first kappa shape index (κ1) is 12.4. The Bertz CT molecular complexity index is 387. The maximum atomic E-state index is 10.8. The van der Waals surface area contributed by atoms with Gasteiger partial charge < -0.3 is 16.4 Å². The minimum absolute atomic E-state index is 0.282. The summed E-state index contributed by atoms with van der Waals surface area (Å²) in [6, 6.07) is 7.11. The lowest BCUT2D eigenvalue weighted by Gasteiger charge is -2.13. The van der Waals surface area contributed by atoms with Crippen molar-refractivity contribution >= 4 is 28.9 Å². The molecule has 0 heterocycles. The van der Waals surface area contributed by atoms with Crippen molar-refractivity contribution in [3.8, 4) is 0 Å². The van der Waals surface area contributed by atoms with Gasteiger partial charge in [-0.05, 0) is 50.3 Å². The Morgan fingerprint density at radius 1 is 1.31 bits per heavy atom. The molecule has 0 radical (unpaired) electrons. The molecule has 0 saturated carbocycles. The summed E-state index contributed by atoms with van der Waals surface area (Å²) in [4.78, 5) is 10.8. The predicted molar refractivity (Wildman–Crippen MR) is 69.5 cm³/mol. The van der Waals surface area contributed by atoms with Crippen LogP contribution in [0.15, 0.2) is 24.3 Å². The summed E-state index contributed by atoms with van der Waals surface area (Å²) < 4.78 is 0. The number of anilines is 1. The minimum atomic E-state index is -0.436. The van der Waals surface area contributed by atoms with Gasteiger partial charge >= 0.3 is 0 Å². The molecular formula is C11H15N3OS. The number of primary amides is 1. The van der Waals surface area contributed by atoms with Gasteiger partial charge in [0.05, 0.1) is 0 Å². The number of amides is 1. The van der Waals surface area contributed by atoms with Gasteiger partial charge in [-0.3, -0.25) is 4.79 Å². The molecule has 0 aromatic heterocycles. The number of rotatable bonds is 3. The number of thiocarbonyl (C=S) groups is 1. The maximum Gasteiger partial charge on any atom is 0.248 e. The molecule has 0 aliphatic carbocycles. The van der Waals surface area contributed by atoms with Crippen LogP contribution in [0, 0.1) is 0 Å². The summed E-state index contributed by atoms with van der Waals surface area (Å²) in [6.45, 7) is 4.01. The molecule has 0 atom stereocenters. The Labute approximate surface area is 100 Å². The first-order chi connectivity index (χ1) is 7.49. The topological polar surface area (TPSA) is 67.2 Å². The van der Waals surface area contributed by atoms with Crippen LogP contribution in [0.2, 0.25) is 0 Å². The average Bonchev–Trinajstić information content (AvgIpc) is 2.16. The maximum absolute atomic E-state index is 10.8. The summed E-state index contributed by atoms with van der Waals surface area (Å²) in [5.74, 6) is -0.436. The van der Waals surface area contributed by atoms with Crippen LogP contribution in [0.3, 0.4) is 0 Å². The first-order valence-electron chi connectivity index (χ1n) is 4.96. The third-order valence-corrected chi connectivity index (χ3v) is 2.07. The second-order valence-electron chi connectivity index (χ2n) is 3.69. The number of hydrogen-bond acceptors (Lipinski definition) is 2. The van der Waals surface area contributed by atoms with E-state index in [0.717, 1.165) is 5.69 Å². The zero-order valence-corrected chi connectivity index (χ0v) is 10.1. The van der Waals surface area contributed by atoms with Crippen LogP contribution in [-0.2, 0) is 0 Å². The highest BCUT2D eigenvalue weighted by molar-refractivity contribution is 7.80. The quantitative estimate of drug-likeness (QED) is 0.697. The van der Waals surface area contributed by atoms with E-state index in [0.29, 0.717) is 10.7 Å². The van der Waals surface area contributed by atoms with Crippen molar-refractivity contribution in [3.05, 3.63) is 29.8 Å². The van der Waals surface area contributed by atoms with Crippen molar-refractivity contribution in [3.63, 3.8) is 0 Å². The molecule has 0 spiro atoms. The average molecular weight is 237 g/mol. The van der Waals surface area contributed by atoms with Gasteiger partial charge in [0.1, 0.15) is 0 Å². The van der Waals surface area contributed by atoms with Crippen molar-refractivity contribution < 1.29 is 4.79 Å². The Hall–Kier alpha value is -1.62. The summed E-state index contributed by atoms with van der Waals surface area (Å²) in [6.07, 6.45) is 0. The number of benzene rings is 1. The number of nitrogens with two attached hydrogens (primary N) is 1. The molecule has 0 unspecified atom stereocenters. The van der Waals surface area contributed by atoms with E-state index >= 15 is 0 Å². The van der Waals surface area contributed by atoms with Gasteiger partial charge in [0.25, 0.3) is 0 Å². The third kappa shape index (κ3) is 3.86. The Morgan fingerprint density at radius 2 is 1.88 bits per heavy atom. The molecule has 4 N–H and O–H groups in total. The van der Waals surface area contributed by atoms with E-state index < -0.39 is 5.91 Å². The molecule has 5 heteroatoms. The lowest BCUT2D eigenvalue weighted by atomic mass is 10.2. The third-order valence-electron chi connectivity index (χ3n) is 1.85. The summed E-state index contributed by atoms with van der Waals surface area (Å²) in [5.41, 5.74) is 6.44. The number of carbonyl (C=O) groups is 1. The van der Waals surface area contributed by atoms with E-state index in [1.165, 1.54) is 0 Å². The summed E-state index contributed by atoms with van der Waals surface area (Å²) in [7, 11) is 0. The SMILES string of the molecule is CC(C)NC(=S)Nc1ccc(C(N)=O)cc1. The first-order valence-corrected chi connectivity index (χ1v) is 5.37. The Morgan fingerprint density at radius 3 is 2.31 bits per heavy atom. The highest BCUT2D eigenvalue weighted by Gasteiger charge is 2.01. The van der Waals surface area contributed by atoms with Crippen molar-refractivity contribution in [1.82, 2.24) is 5.32 Å². The highest BCUT2D eigenvalue weighted by atomic mass is 32.1. The van der Waals surface area contributed by atoms with Gasteiger partial charge in [-0.15, -0.1) is 0 Å². The lowest BCUT2D eigenvalue weighted by molar-refractivity contribution is 0.100. The molecule has 0 bridgehead atoms. The molecule has 1 amide bonds. The number of nitrogens with one attached hydrogen (secondary N) is 2. The van der Waals surface area contributed by atoms with Crippen LogP contribution in [-0.4, -0.2) is 17.1 Å². The van der Waals surface area contributed by atoms with Gasteiger partial charge in [-0.2, -0.15) is 0 Å². The number of hydrogen-bond donors (Lipinski definition) is 3. The summed E-state index contributed by atoms with van der Waals surface area (Å²) >= 11 is 5.08. The van der Waals surface area contributed by atoms with Gasteiger partial charge in [-0.25, -0.2) is 0 Å². The van der Waals surface area contributed by atoms with Crippen LogP contribution < -0.4 is 16.4 Å². The molecule has 16 heavy (non-hydrogen) atoms. The lowest BCUT2D eigenvalue weighted by Crippen LogP contribution is -2.33. The fourth-order valence-electron chi connectivity index (χ4n) is 1.15. The van der Waals surface area contributed by atoms with Crippen LogP contribution in [0.4, 0.5) is 5.69 Å². The molecule has 0 saturated heterocycles. The minimum Gasteiger partial charge on any atom is -0.366 e. The second kappa shape index (κ2) is 5.46. The van der Waals surface area contributed by atoms with E-state index in [1.54, 1.807) is 24.3 Å². The van der Waals surface area contributed by atoms with E-state index in [1.807, 2.05) is 13.8 Å². The van der Waals surface area contributed by atoms with E-state index in [4.69, 9.17) is 18.0 Å². The normalized spacial score (nSPS) is 9.94. The zero-order chi connectivity index (χ0) is 12.1. The van der Waals surface area contributed by atoms with Gasteiger partial charge in [0, 0.05) is 17.3 Å². The zero-order valence-electron chi connectivity index (χ0n) is 9.28. The second-order valence-corrected chi connectivity index (χ2v) is 4.10. The fourth-order valence-corrected chi connectivity index (χ4v) is 1.50. The monoisotopic (exact) mass is 237 g/mol. The van der Waals surface area contributed by atoms with Gasteiger partial charge in [0.2, 0.25) is 5.91 Å². The largest absolute Gasteiger partial charge is 0.366 e. The van der Waals surface area contributed by atoms with Crippen LogP contribution in [0.25, 0.3) is 0 Å². The molecular weight excluding hydrogens is 222 g/mol. The van der Waals surface area contributed by atoms with Crippen molar-refractivity contribution in [2.75, 3.05) is 5.32 Å². The Kier molecular flexibility index (Phi) is 4.25. The van der Waals surface area contributed by atoms with Gasteiger partial charge in [0.15, 0.2) is 5.11 Å². The molecule has 86 valence electrons. The van der Waals surface area contributed by atoms with E-state index in [9.17, 15) is 4.79 Å². The van der Waals surface area contributed by atoms with Crippen molar-refractivity contribution in [1.29, 1.82) is 0 Å². The molecule has 0 fully saturated rings. The molecule has 4 nitrogen and oxygen atoms in total. The molecule has 1 aromatic rings.